The maximum atomic E-state index is 8.88. The number of hydrogen-bond donors (Lipinski definition) is 1. The van der Waals surface area contributed by atoms with Gasteiger partial charge in [-0.3, -0.25) is 9.80 Å². The molecule has 0 atom stereocenters. The van der Waals surface area contributed by atoms with Crippen LogP contribution in [-0.2, 0) is 6.54 Å². The van der Waals surface area contributed by atoms with E-state index in [9.17, 15) is 0 Å². The molecule has 1 saturated heterocycles. The average Bonchev–Trinajstić information content (AvgIpc) is 2.35. The Hall–Kier alpha value is -0.490. The first kappa shape index (κ1) is 13.0. The number of aromatic nitrogens is 1. The van der Waals surface area contributed by atoms with Crippen LogP contribution in [0.15, 0.2) is 22.9 Å². The van der Waals surface area contributed by atoms with Crippen LogP contribution in [0.2, 0.25) is 0 Å². The van der Waals surface area contributed by atoms with E-state index in [2.05, 4.69) is 36.8 Å². The monoisotopic (exact) mass is 299 g/mol. The summed E-state index contributed by atoms with van der Waals surface area (Å²) in [5.74, 6) is 0. The SMILES string of the molecule is OCCN1CCN(Cc2ccc(Br)nc2)CC1. The van der Waals surface area contributed by atoms with Gasteiger partial charge in [-0.1, -0.05) is 6.07 Å². The molecule has 4 nitrogen and oxygen atoms in total. The van der Waals surface area contributed by atoms with Crippen molar-refractivity contribution < 1.29 is 5.11 Å². The predicted molar refractivity (Wildman–Crippen MR) is 70.7 cm³/mol. The number of β-amino-alcohol motifs (C(OH)–C–C–N with tert-alkyl or cyclic N) is 1. The molecule has 1 N–H and O–H groups in total. The molecule has 94 valence electrons. The molecular weight excluding hydrogens is 282 g/mol. The van der Waals surface area contributed by atoms with Crippen molar-refractivity contribution in [2.24, 2.45) is 0 Å². The molecule has 0 aliphatic carbocycles. The first-order valence-electron chi connectivity index (χ1n) is 5.94. The van der Waals surface area contributed by atoms with Gasteiger partial charge in [0.25, 0.3) is 0 Å². The van der Waals surface area contributed by atoms with Gasteiger partial charge in [0.1, 0.15) is 4.60 Å². The molecule has 1 aromatic rings. The summed E-state index contributed by atoms with van der Waals surface area (Å²) < 4.78 is 0.883. The number of aliphatic hydroxyl groups is 1. The topological polar surface area (TPSA) is 39.6 Å². The van der Waals surface area contributed by atoms with E-state index < -0.39 is 0 Å². The van der Waals surface area contributed by atoms with Crippen molar-refractivity contribution in [2.45, 2.75) is 6.54 Å². The van der Waals surface area contributed by atoms with Crippen molar-refractivity contribution in [3.63, 3.8) is 0 Å². The summed E-state index contributed by atoms with van der Waals surface area (Å²) in [6.07, 6.45) is 1.92. The van der Waals surface area contributed by atoms with Gasteiger partial charge >= 0.3 is 0 Å². The molecule has 0 saturated carbocycles. The van der Waals surface area contributed by atoms with Crippen molar-refractivity contribution >= 4 is 15.9 Å². The number of rotatable bonds is 4. The standard InChI is InChI=1S/C12H18BrN3O/c13-12-2-1-11(9-14-12)10-16-5-3-15(4-6-16)7-8-17/h1-2,9,17H,3-8,10H2. The van der Waals surface area contributed by atoms with Gasteiger partial charge in [0.2, 0.25) is 0 Å². The van der Waals surface area contributed by atoms with E-state index in [4.69, 9.17) is 5.11 Å². The Morgan fingerprint density at radius 2 is 1.88 bits per heavy atom. The van der Waals surface area contributed by atoms with Crippen LogP contribution in [0.25, 0.3) is 0 Å². The molecule has 0 amide bonds. The van der Waals surface area contributed by atoms with Gasteiger partial charge in [0.15, 0.2) is 0 Å². The molecule has 1 aliphatic heterocycles. The molecule has 0 unspecified atom stereocenters. The van der Waals surface area contributed by atoms with Crippen LogP contribution in [0.3, 0.4) is 0 Å². The van der Waals surface area contributed by atoms with E-state index in [-0.39, 0.29) is 6.61 Å². The number of pyridine rings is 1. The Morgan fingerprint density at radius 3 is 2.47 bits per heavy atom. The Balaban J connectivity index is 1.79. The van der Waals surface area contributed by atoms with Gasteiger partial charge < -0.3 is 5.11 Å². The maximum absolute atomic E-state index is 8.88. The van der Waals surface area contributed by atoms with Gasteiger partial charge in [0, 0.05) is 45.5 Å². The zero-order valence-corrected chi connectivity index (χ0v) is 11.4. The summed E-state index contributed by atoms with van der Waals surface area (Å²) >= 11 is 3.34. The number of hydrogen-bond acceptors (Lipinski definition) is 4. The number of piperazine rings is 1. The van der Waals surface area contributed by atoms with Gasteiger partial charge in [-0.15, -0.1) is 0 Å². The quantitative estimate of drug-likeness (QED) is 0.841. The van der Waals surface area contributed by atoms with E-state index in [0.29, 0.717) is 0 Å². The van der Waals surface area contributed by atoms with E-state index in [1.165, 1.54) is 5.56 Å². The lowest BCUT2D eigenvalue weighted by Crippen LogP contribution is -2.46. The fraction of sp³-hybridized carbons (Fsp3) is 0.583. The highest BCUT2D eigenvalue weighted by atomic mass is 79.9. The molecule has 2 heterocycles. The molecule has 2 rings (SSSR count). The van der Waals surface area contributed by atoms with Crippen molar-refractivity contribution in [1.29, 1.82) is 0 Å². The van der Waals surface area contributed by atoms with Crippen LogP contribution in [0, 0.1) is 0 Å². The minimum atomic E-state index is 0.261. The lowest BCUT2D eigenvalue weighted by Gasteiger charge is -2.34. The third-order valence-electron chi connectivity index (χ3n) is 3.08. The largest absolute Gasteiger partial charge is 0.395 e. The third-order valence-corrected chi connectivity index (χ3v) is 3.55. The van der Waals surface area contributed by atoms with E-state index in [0.717, 1.165) is 43.9 Å². The molecule has 1 fully saturated rings. The first-order chi connectivity index (χ1) is 8.28. The Kier molecular flexibility index (Phi) is 4.91. The summed E-state index contributed by atoms with van der Waals surface area (Å²) in [7, 11) is 0. The Morgan fingerprint density at radius 1 is 1.18 bits per heavy atom. The van der Waals surface area contributed by atoms with Crippen LogP contribution in [-0.4, -0.2) is 59.2 Å². The molecule has 0 aromatic carbocycles. The number of halogens is 1. The smallest absolute Gasteiger partial charge is 0.106 e. The minimum Gasteiger partial charge on any atom is -0.395 e. The molecule has 1 aliphatic rings. The van der Waals surface area contributed by atoms with Crippen LogP contribution in [0.5, 0.6) is 0 Å². The highest BCUT2D eigenvalue weighted by Gasteiger charge is 2.16. The summed E-state index contributed by atoms with van der Waals surface area (Å²) in [6.45, 7) is 6.25. The lowest BCUT2D eigenvalue weighted by molar-refractivity contribution is 0.108. The molecule has 0 bridgehead atoms. The normalized spacial score (nSPS) is 18.5. The molecule has 0 spiro atoms. The molecule has 1 aromatic heterocycles. The second-order valence-electron chi connectivity index (χ2n) is 4.33. The second kappa shape index (κ2) is 6.44. The fourth-order valence-electron chi connectivity index (χ4n) is 2.07. The minimum absolute atomic E-state index is 0.261. The molecule has 5 heteroatoms. The van der Waals surface area contributed by atoms with E-state index >= 15 is 0 Å². The zero-order valence-electron chi connectivity index (χ0n) is 9.85. The zero-order chi connectivity index (χ0) is 12.1. The summed E-state index contributed by atoms with van der Waals surface area (Å²) in [4.78, 5) is 8.97. The van der Waals surface area contributed by atoms with Gasteiger partial charge in [-0.05, 0) is 27.6 Å². The number of nitrogens with zero attached hydrogens (tertiary/aromatic N) is 3. The Bertz CT molecular complexity index is 336. The van der Waals surface area contributed by atoms with Crippen molar-refractivity contribution in [2.75, 3.05) is 39.3 Å². The second-order valence-corrected chi connectivity index (χ2v) is 5.14. The maximum Gasteiger partial charge on any atom is 0.106 e. The van der Waals surface area contributed by atoms with Gasteiger partial charge in [-0.25, -0.2) is 4.98 Å². The lowest BCUT2D eigenvalue weighted by atomic mass is 10.2. The molecular formula is C12H18BrN3O. The summed E-state index contributed by atoms with van der Waals surface area (Å²) in [5, 5.41) is 8.88. The highest BCUT2D eigenvalue weighted by molar-refractivity contribution is 9.10. The number of aliphatic hydroxyl groups excluding tert-OH is 1. The van der Waals surface area contributed by atoms with E-state index in [1.807, 2.05) is 12.3 Å². The van der Waals surface area contributed by atoms with Crippen LogP contribution in [0.1, 0.15) is 5.56 Å². The van der Waals surface area contributed by atoms with Crippen molar-refractivity contribution in [3.8, 4) is 0 Å². The third kappa shape index (κ3) is 4.03. The van der Waals surface area contributed by atoms with Crippen LogP contribution >= 0.6 is 15.9 Å². The Labute approximate surface area is 110 Å². The van der Waals surface area contributed by atoms with Gasteiger partial charge in [0.05, 0.1) is 6.61 Å². The predicted octanol–water partition coefficient (Wildman–Crippen LogP) is 0.954. The van der Waals surface area contributed by atoms with Gasteiger partial charge in [-0.2, -0.15) is 0 Å². The average molecular weight is 300 g/mol. The summed E-state index contributed by atoms with van der Waals surface area (Å²) in [6, 6.07) is 4.09. The molecule has 0 radical (unpaired) electrons. The van der Waals surface area contributed by atoms with E-state index in [1.54, 1.807) is 0 Å². The first-order valence-corrected chi connectivity index (χ1v) is 6.73. The van der Waals surface area contributed by atoms with Crippen molar-refractivity contribution in [1.82, 2.24) is 14.8 Å². The molecule has 17 heavy (non-hydrogen) atoms. The van der Waals surface area contributed by atoms with Crippen LogP contribution < -0.4 is 0 Å². The van der Waals surface area contributed by atoms with Crippen molar-refractivity contribution in [3.05, 3.63) is 28.5 Å². The summed E-state index contributed by atoms with van der Waals surface area (Å²) in [5.41, 5.74) is 1.25. The highest BCUT2D eigenvalue weighted by Crippen LogP contribution is 2.10. The fourth-order valence-corrected chi connectivity index (χ4v) is 2.31. The van der Waals surface area contributed by atoms with Crippen LogP contribution in [0.4, 0.5) is 0 Å².